The first-order valence-electron chi connectivity index (χ1n) is 7.07. The molecule has 1 aromatic rings. The Labute approximate surface area is 111 Å². The number of rotatable bonds is 5. The number of hydrogen-bond donors (Lipinski definition) is 1. The minimum atomic E-state index is 0.207. The molecule has 18 heavy (non-hydrogen) atoms. The number of aryl methyl sites for hydroxylation is 1. The molecule has 1 atom stereocenters. The van der Waals surface area contributed by atoms with E-state index in [1.54, 1.807) is 0 Å². The summed E-state index contributed by atoms with van der Waals surface area (Å²) in [6.45, 7) is 9.31. The van der Waals surface area contributed by atoms with Crippen molar-refractivity contribution in [1.82, 2.24) is 0 Å². The van der Waals surface area contributed by atoms with Crippen LogP contribution in [0.1, 0.15) is 62.3 Å². The number of ether oxygens (including phenoxy) is 1. The molecule has 2 N–H and O–H groups in total. The molecule has 0 radical (unpaired) electrons. The lowest BCUT2D eigenvalue weighted by atomic mass is 9.91. The molecule has 1 unspecified atom stereocenters. The van der Waals surface area contributed by atoms with Crippen LogP contribution < -0.4 is 10.5 Å². The van der Waals surface area contributed by atoms with Gasteiger partial charge in [-0.1, -0.05) is 19.9 Å². The second-order valence-corrected chi connectivity index (χ2v) is 5.70. The van der Waals surface area contributed by atoms with Gasteiger partial charge in [0.2, 0.25) is 0 Å². The summed E-state index contributed by atoms with van der Waals surface area (Å²) in [4.78, 5) is 0. The summed E-state index contributed by atoms with van der Waals surface area (Å²) < 4.78 is 5.75. The van der Waals surface area contributed by atoms with Crippen molar-refractivity contribution in [3.05, 3.63) is 28.8 Å². The minimum absolute atomic E-state index is 0.207. The predicted molar refractivity (Wildman–Crippen MR) is 76.1 cm³/mol. The molecule has 1 aliphatic rings. The molecule has 2 heteroatoms. The van der Waals surface area contributed by atoms with E-state index in [4.69, 9.17) is 10.5 Å². The SMILES string of the molecule is CCOc1cc(C)c(C(N)C2CC2)cc1C(C)C. The number of benzene rings is 1. The van der Waals surface area contributed by atoms with Crippen molar-refractivity contribution in [2.75, 3.05) is 6.61 Å². The van der Waals surface area contributed by atoms with Gasteiger partial charge < -0.3 is 10.5 Å². The molecular weight excluding hydrogens is 222 g/mol. The quantitative estimate of drug-likeness (QED) is 0.855. The molecule has 0 amide bonds. The van der Waals surface area contributed by atoms with Gasteiger partial charge in [-0.3, -0.25) is 0 Å². The standard InChI is InChI=1S/C16H25NO/c1-5-18-15-8-11(4)14(9-13(15)10(2)3)16(17)12-6-7-12/h8-10,12,16H,5-7,17H2,1-4H3. The second kappa shape index (κ2) is 5.31. The highest BCUT2D eigenvalue weighted by Gasteiger charge is 2.31. The monoisotopic (exact) mass is 247 g/mol. The van der Waals surface area contributed by atoms with Crippen LogP contribution in [0.5, 0.6) is 5.75 Å². The van der Waals surface area contributed by atoms with Gasteiger partial charge in [-0.15, -0.1) is 0 Å². The largest absolute Gasteiger partial charge is 0.494 e. The van der Waals surface area contributed by atoms with Crippen LogP contribution in [-0.2, 0) is 0 Å². The number of hydrogen-bond acceptors (Lipinski definition) is 2. The van der Waals surface area contributed by atoms with Crippen molar-refractivity contribution >= 4 is 0 Å². The lowest BCUT2D eigenvalue weighted by Gasteiger charge is -2.20. The molecule has 0 heterocycles. The number of nitrogens with two attached hydrogens (primary N) is 1. The van der Waals surface area contributed by atoms with Gasteiger partial charge in [0.1, 0.15) is 5.75 Å². The van der Waals surface area contributed by atoms with E-state index in [1.807, 2.05) is 6.92 Å². The fourth-order valence-electron chi connectivity index (χ4n) is 2.52. The van der Waals surface area contributed by atoms with E-state index < -0.39 is 0 Å². The van der Waals surface area contributed by atoms with E-state index in [2.05, 4.69) is 32.9 Å². The molecule has 2 nitrogen and oxygen atoms in total. The highest BCUT2D eigenvalue weighted by Crippen LogP contribution is 2.42. The summed E-state index contributed by atoms with van der Waals surface area (Å²) in [5.41, 5.74) is 10.2. The topological polar surface area (TPSA) is 35.2 Å². The van der Waals surface area contributed by atoms with E-state index in [1.165, 1.54) is 29.5 Å². The van der Waals surface area contributed by atoms with Crippen molar-refractivity contribution in [3.8, 4) is 5.75 Å². The van der Waals surface area contributed by atoms with Crippen LogP contribution in [0.15, 0.2) is 12.1 Å². The van der Waals surface area contributed by atoms with Gasteiger partial charge in [-0.2, -0.15) is 0 Å². The average Bonchev–Trinajstić information content (AvgIpc) is 3.12. The van der Waals surface area contributed by atoms with Crippen molar-refractivity contribution < 1.29 is 4.74 Å². The molecular formula is C16H25NO. The molecule has 1 fully saturated rings. The molecule has 0 aliphatic heterocycles. The third-order valence-electron chi connectivity index (χ3n) is 3.81. The Morgan fingerprint density at radius 2 is 1.94 bits per heavy atom. The molecule has 1 saturated carbocycles. The normalized spacial score (nSPS) is 17.0. The van der Waals surface area contributed by atoms with Crippen LogP contribution in [0.2, 0.25) is 0 Å². The molecule has 0 bridgehead atoms. The van der Waals surface area contributed by atoms with Gasteiger partial charge in [-0.05, 0) is 61.3 Å². The van der Waals surface area contributed by atoms with Gasteiger partial charge in [0.15, 0.2) is 0 Å². The Morgan fingerprint density at radius 1 is 1.28 bits per heavy atom. The van der Waals surface area contributed by atoms with Gasteiger partial charge in [-0.25, -0.2) is 0 Å². The maximum Gasteiger partial charge on any atom is 0.123 e. The van der Waals surface area contributed by atoms with E-state index >= 15 is 0 Å². The van der Waals surface area contributed by atoms with Crippen molar-refractivity contribution in [1.29, 1.82) is 0 Å². The molecule has 0 aromatic heterocycles. The average molecular weight is 247 g/mol. The predicted octanol–water partition coefficient (Wildman–Crippen LogP) is 3.93. The van der Waals surface area contributed by atoms with Gasteiger partial charge >= 0.3 is 0 Å². The summed E-state index contributed by atoms with van der Waals surface area (Å²) >= 11 is 0. The first-order chi connectivity index (χ1) is 8.54. The Bertz CT molecular complexity index is 421. The van der Waals surface area contributed by atoms with E-state index in [0.29, 0.717) is 18.4 Å². The summed E-state index contributed by atoms with van der Waals surface area (Å²) in [7, 11) is 0. The van der Waals surface area contributed by atoms with Crippen molar-refractivity contribution in [2.45, 2.75) is 52.5 Å². The highest BCUT2D eigenvalue weighted by atomic mass is 16.5. The van der Waals surface area contributed by atoms with Crippen LogP contribution in [0.4, 0.5) is 0 Å². The Morgan fingerprint density at radius 3 is 2.44 bits per heavy atom. The molecule has 1 aromatic carbocycles. The molecule has 100 valence electrons. The third-order valence-corrected chi connectivity index (χ3v) is 3.81. The Hall–Kier alpha value is -1.02. The van der Waals surface area contributed by atoms with Gasteiger partial charge in [0, 0.05) is 6.04 Å². The van der Waals surface area contributed by atoms with Crippen LogP contribution in [0, 0.1) is 12.8 Å². The summed E-state index contributed by atoms with van der Waals surface area (Å²) in [5.74, 6) is 2.19. The van der Waals surface area contributed by atoms with Gasteiger partial charge in [0.05, 0.1) is 6.61 Å². The first-order valence-corrected chi connectivity index (χ1v) is 7.07. The van der Waals surface area contributed by atoms with Crippen molar-refractivity contribution in [3.63, 3.8) is 0 Å². The minimum Gasteiger partial charge on any atom is -0.494 e. The van der Waals surface area contributed by atoms with Crippen LogP contribution in [-0.4, -0.2) is 6.61 Å². The smallest absolute Gasteiger partial charge is 0.123 e. The zero-order chi connectivity index (χ0) is 13.3. The summed E-state index contributed by atoms with van der Waals surface area (Å²) in [6.07, 6.45) is 2.57. The molecule has 0 spiro atoms. The lowest BCUT2D eigenvalue weighted by Crippen LogP contribution is -2.15. The van der Waals surface area contributed by atoms with Crippen molar-refractivity contribution in [2.24, 2.45) is 11.7 Å². The Kier molecular flexibility index (Phi) is 3.96. The first kappa shape index (κ1) is 13.4. The Balaban J connectivity index is 2.38. The fraction of sp³-hybridized carbons (Fsp3) is 0.625. The molecule has 0 saturated heterocycles. The fourth-order valence-corrected chi connectivity index (χ4v) is 2.52. The van der Waals surface area contributed by atoms with Crippen LogP contribution >= 0.6 is 0 Å². The van der Waals surface area contributed by atoms with Crippen LogP contribution in [0.3, 0.4) is 0 Å². The second-order valence-electron chi connectivity index (χ2n) is 5.70. The third kappa shape index (κ3) is 2.69. The van der Waals surface area contributed by atoms with E-state index in [9.17, 15) is 0 Å². The highest BCUT2D eigenvalue weighted by molar-refractivity contribution is 5.45. The van der Waals surface area contributed by atoms with E-state index in [-0.39, 0.29) is 6.04 Å². The molecule has 1 aliphatic carbocycles. The molecule has 2 rings (SSSR count). The zero-order valence-electron chi connectivity index (χ0n) is 12.0. The van der Waals surface area contributed by atoms with Gasteiger partial charge in [0.25, 0.3) is 0 Å². The summed E-state index contributed by atoms with van der Waals surface area (Å²) in [5, 5.41) is 0. The maximum absolute atomic E-state index is 6.35. The maximum atomic E-state index is 6.35. The zero-order valence-corrected chi connectivity index (χ0v) is 12.0. The lowest BCUT2D eigenvalue weighted by molar-refractivity contribution is 0.334. The van der Waals surface area contributed by atoms with E-state index in [0.717, 1.165) is 5.75 Å². The van der Waals surface area contributed by atoms with Crippen LogP contribution in [0.25, 0.3) is 0 Å². The summed E-state index contributed by atoms with van der Waals surface area (Å²) in [6, 6.07) is 4.64.